The summed E-state index contributed by atoms with van der Waals surface area (Å²) in [6, 6.07) is 76.6. The SMILES string of the molecule is C=CCNC(=O)Nc1cccc(C)c1.C=CS(=O)(=O)Nc1cccc(C)c1.CCCCS(=O)(=O)Nc1ccc(C)cc1.CCCOC(=O)Nc1ccc(C)cc1.CCNC(=O)Nc1ccc(C)cc1.CCNC(=O)Nc1cccc(C)c1.CI.Cc1ccc(NC(=O)C2CCC2)cc1.Cc1cccc(NC(=O)Nc2ccc(Oc3ccccc3)cc2)c1. The van der Waals surface area contributed by atoms with Gasteiger partial charge < -0.3 is 57.3 Å². The molecule has 10 aromatic carbocycles. The fourth-order valence-electron chi connectivity index (χ4n) is 9.98. The summed E-state index contributed by atoms with van der Waals surface area (Å²) in [6.45, 7) is 32.5. The number of para-hydroxylation sites is 1. The molecular formula is C95H121IN12O12S2. The minimum atomic E-state index is -3.38. The number of aryl methyl sites for hydroxylation is 8. The van der Waals surface area contributed by atoms with Crippen molar-refractivity contribution in [2.24, 2.45) is 5.92 Å². The van der Waals surface area contributed by atoms with Crippen molar-refractivity contribution < 1.29 is 55.1 Å². The van der Waals surface area contributed by atoms with E-state index in [4.69, 9.17) is 9.47 Å². The van der Waals surface area contributed by atoms with Gasteiger partial charge in [0, 0.05) is 82.1 Å². The summed E-state index contributed by atoms with van der Waals surface area (Å²) in [5.41, 5.74) is 15.8. The highest BCUT2D eigenvalue weighted by Crippen LogP contribution is 2.28. The van der Waals surface area contributed by atoms with Crippen molar-refractivity contribution in [3.8, 4) is 11.5 Å². The van der Waals surface area contributed by atoms with Crippen LogP contribution in [0.5, 0.6) is 11.5 Å². The fraction of sp³-hybridized carbons (Fsp3) is 0.263. The van der Waals surface area contributed by atoms with E-state index in [-0.39, 0.29) is 41.7 Å². The lowest BCUT2D eigenvalue weighted by atomic mass is 9.85. The van der Waals surface area contributed by atoms with Crippen LogP contribution in [0.3, 0.4) is 0 Å². The van der Waals surface area contributed by atoms with Crippen molar-refractivity contribution in [2.75, 3.05) is 83.6 Å². The molecule has 0 saturated heterocycles. The number of benzene rings is 10. The molecule has 0 bridgehead atoms. The number of halogens is 1. The molecule has 122 heavy (non-hydrogen) atoms. The predicted molar refractivity (Wildman–Crippen MR) is 514 cm³/mol. The number of hydrogen-bond donors (Lipinski definition) is 12. The van der Waals surface area contributed by atoms with Gasteiger partial charge in [-0.05, 0) is 256 Å². The van der Waals surface area contributed by atoms with Crippen molar-refractivity contribution in [1.82, 2.24) is 16.0 Å². The van der Waals surface area contributed by atoms with Crippen LogP contribution in [0.15, 0.2) is 273 Å². The molecule has 11 rings (SSSR count). The highest BCUT2D eigenvalue weighted by molar-refractivity contribution is 14.1. The van der Waals surface area contributed by atoms with Crippen LogP contribution in [0.1, 0.15) is 111 Å². The van der Waals surface area contributed by atoms with E-state index in [1.807, 2.05) is 294 Å². The average Bonchev–Trinajstić information content (AvgIpc) is 0.874. The Labute approximate surface area is 736 Å². The largest absolute Gasteiger partial charge is 0.457 e. The van der Waals surface area contributed by atoms with Gasteiger partial charge in [0.2, 0.25) is 15.9 Å². The van der Waals surface area contributed by atoms with Crippen molar-refractivity contribution in [3.05, 3.63) is 318 Å². The van der Waals surface area contributed by atoms with E-state index in [2.05, 4.69) is 98.4 Å². The Morgan fingerprint density at radius 2 is 0.746 bits per heavy atom. The number of sulfonamides is 2. The number of urea groups is 4. The Morgan fingerprint density at radius 1 is 0.385 bits per heavy atom. The highest BCUT2D eigenvalue weighted by atomic mass is 127. The first-order valence-corrected chi connectivity index (χ1v) is 45.2. The quantitative estimate of drug-likeness (QED) is 0.0153. The first-order chi connectivity index (χ1) is 58.4. The van der Waals surface area contributed by atoms with Gasteiger partial charge in [-0.1, -0.05) is 199 Å². The third-order valence-electron chi connectivity index (χ3n) is 16.4. The number of rotatable bonds is 24. The lowest BCUT2D eigenvalue weighted by molar-refractivity contribution is -0.122. The van der Waals surface area contributed by atoms with Crippen LogP contribution in [0.25, 0.3) is 0 Å². The van der Waals surface area contributed by atoms with Crippen molar-refractivity contribution in [2.45, 2.75) is 122 Å². The molecule has 1 fully saturated rings. The summed E-state index contributed by atoms with van der Waals surface area (Å²) in [6.07, 6.45) is 6.96. The first kappa shape index (κ1) is 104. The second-order valence-corrected chi connectivity index (χ2v) is 31.0. The summed E-state index contributed by atoms with van der Waals surface area (Å²) in [5, 5.41) is 28.2. The topological polar surface area (TPSA) is 334 Å². The number of anilines is 9. The monoisotopic (exact) mass is 1810 g/mol. The number of alkyl halides is 1. The number of unbranched alkanes of at least 4 members (excludes halogenated alkanes) is 1. The molecule has 0 radical (unpaired) electrons. The molecule has 1 aliphatic carbocycles. The van der Waals surface area contributed by atoms with Crippen LogP contribution in [-0.2, 0) is 29.6 Å². The number of carbonyl (C=O) groups excluding carboxylic acids is 6. The molecule has 0 aliphatic heterocycles. The predicted octanol–water partition coefficient (Wildman–Crippen LogP) is 23.2. The van der Waals surface area contributed by atoms with Crippen molar-refractivity contribution in [3.63, 3.8) is 0 Å². The number of hydrogen-bond acceptors (Lipinski definition) is 12. The minimum absolute atomic E-state index is 0.159. The highest BCUT2D eigenvalue weighted by Gasteiger charge is 2.25. The van der Waals surface area contributed by atoms with Crippen LogP contribution in [0, 0.1) is 61.3 Å². The standard InChI is InChI=1S/C20H18N2O2.C12H15NO.C11H14N2O.C11H17NO2S.C11H15NO2.2C10H14N2O.C9H11NO2S.CH3I/c1-15-6-5-7-17(14-15)22-20(23)21-16-10-12-19(13-11-16)24-18-8-3-2-4-9-18;1-9-5-7-11(8-6-9)13-12(14)10-3-2-4-10;1-3-7-12-11(14)13-10-6-4-5-9(2)8-10;1-3-4-9-15(13,14)12-11-7-5-10(2)6-8-11;1-3-8-14-11(13)12-10-6-4-9(2)5-7-10;1-3-11-10(13)12-9-6-4-8(2)5-7-9;1-3-11-10(13)12-9-6-4-5-8(2)7-9;1-3-13(11,12)10-9-6-4-5-8(2)7-9;1-2/h2-14H,1H3,(H2,21,22,23);5-8,10H,2-4H2,1H3,(H,13,14);3-6,8H,1,7H2,2H3,(H2,12,13,14);5-8,12H,3-4,9H2,1-2H3;4-7H,3,8H2,1-2H3,(H,12,13);2*4-7H,3H2,1-2H3,(H2,11,12,13);3-7,10H,1H2,2H3;1H3. The van der Waals surface area contributed by atoms with Gasteiger partial charge in [-0.3, -0.25) is 19.6 Å². The molecule has 0 unspecified atom stereocenters. The van der Waals surface area contributed by atoms with Gasteiger partial charge in [0.25, 0.3) is 10.0 Å². The van der Waals surface area contributed by atoms with Crippen LogP contribution in [0.4, 0.5) is 75.2 Å². The number of amides is 10. The molecule has 1 saturated carbocycles. The second-order valence-electron chi connectivity index (χ2n) is 27.5. The van der Waals surface area contributed by atoms with Crippen LogP contribution in [0.2, 0.25) is 0 Å². The molecule has 1 aliphatic rings. The second kappa shape index (κ2) is 59.3. The molecule has 0 aromatic heterocycles. The van der Waals surface area contributed by atoms with Gasteiger partial charge in [0.15, 0.2) is 0 Å². The van der Waals surface area contributed by atoms with E-state index >= 15 is 0 Å². The molecule has 10 aromatic rings. The summed E-state index contributed by atoms with van der Waals surface area (Å²) >= 11 is 2.15. The van der Waals surface area contributed by atoms with Gasteiger partial charge in [-0.15, -0.1) is 6.58 Å². The normalized spacial score (nSPS) is 10.6. The Balaban J connectivity index is 0.000000363. The third-order valence-corrected chi connectivity index (χ3v) is 18.8. The summed E-state index contributed by atoms with van der Waals surface area (Å²) in [5.74, 6) is 2.12. The van der Waals surface area contributed by atoms with Gasteiger partial charge in [-0.2, -0.15) is 0 Å². The van der Waals surface area contributed by atoms with Gasteiger partial charge in [-0.25, -0.2) is 40.8 Å². The van der Waals surface area contributed by atoms with Crippen molar-refractivity contribution in [1.29, 1.82) is 0 Å². The Hall–Kier alpha value is -12.5. The summed E-state index contributed by atoms with van der Waals surface area (Å²) in [7, 11) is -6.54. The lowest BCUT2D eigenvalue weighted by Gasteiger charge is -2.24. The minimum Gasteiger partial charge on any atom is -0.457 e. The van der Waals surface area contributed by atoms with E-state index < -0.39 is 26.1 Å². The number of nitrogens with one attached hydrogen (secondary N) is 12. The fourth-order valence-corrected chi connectivity index (χ4v) is 11.8. The van der Waals surface area contributed by atoms with Crippen LogP contribution >= 0.6 is 22.6 Å². The maximum Gasteiger partial charge on any atom is 0.411 e. The summed E-state index contributed by atoms with van der Waals surface area (Å²) < 4.78 is 60.7. The van der Waals surface area contributed by atoms with E-state index in [1.54, 1.807) is 48.5 Å². The molecule has 24 nitrogen and oxygen atoms in total. The van der Waals surface area contributed by atoms with E-state index in [9.17, 15) is 45.6 Å². The molecule has 12 N–H and O–H groups in total. The zero-order chi connectivity index (χ0) is 90.1. The molecule has 652 valence electrons. The van der Waals surface area contributed by atoms with Crippen LogP contribution < -0.4 is 67.3 Å². The Bertz CT molecular complexity index is 5010. The van der Waals surface area contributed by atoms with Gasteiger partial charge in [0.05, 0.1) is 12.4 Å². The van der Waals surface area contributed by atoms with Gasteiger partial charge >= 0.3 is 30.2 Å². The van der Waals surface area contributed by atoms with Crippen LogP contribution in [-0.4, -0.2) is 89.9 Å². The smallest absolute Gasteiger partial charge is 0.411 e. The molecule has 10 amide bonds. The molecule has 0 heterocycles. The average molecular weight is 1810 g/mol. The Morgan fingerprint density at radius 3 is 1.13 bits per heavy atom. The lowest BCUT2D eigenvalue weighted by Crippen LogP contribution is -2.28. The zero-order valence-corrected chi connectivity index (χ0v) is 76.0. The number of carbonyl (C=O) groups is 6. The van der Waals surface area contributed by atoms with Gasteiger partial charge in [0.1, 0.15) is 11.5 Å². The molecular weight excluding hydrogens is 1690 g/mol. The molecule has 0 atom stereocenters. The maximum absolute atomic E-state index is 12.0. The molecule has 27 heteroatoms. The third kappa shape index (κ3) is 48.0. The van der Waals surface area contributed by atoms with E-state index in [0.717, 1.165) is 104 Å². The first-order valence-electron chi connectivity index (χ1n) is 39.9. The Kier molecular flexibility index (Phi) is 50.4. The molecule has 0 spiro atoms. The van der Waals surface area contributed by atoms with E-state index in [0.29, 0.717) is 55.5 Å². The number of ether oxygens (including phenoxy) is 2. The zero-order valence-electron chi connectivity index (χ0n) is 72.2. The van der Waals surface area contributed by atoms with E-state index in [1.165, 1.54) is 17.5 Å². The summed E-state index contributed by atoms with van der Waals surface area (Å²) in [4.78, 5) is 70.1. The van der Waals surface area contributed by atoms with Crippen molar-refractivity contribution >= 4 is 130 Å². The maximum atomic E-state index is 12.0.